The van der Waals surface area contributed by atoms with Crippen molar-refractivity contribution in [2.45, 2.75) is 20.0 Å². The van der Waals surface area contributed by atoms with Crippen LogP contribution in [0.3, 0.4) is 0 Å². The maximum Gasteiger partial charge on any atom is 0.417 e. The zero-order valence-electron chi connectivity index (χ0n) is 15.7. The van der Waals surface area contributed by atoms with Crippen molar-refractivity contribution in [2.24, 2.45) is 0 Å². The average Bonchev–Trinajstić information content (AvgIpc) is 3.18. The van der Waals surface area contributed by atoms with Crippen LogP contribution in [-0.2, 0) is 6.18 Å². The summed E-state index contributed by atoms with van der Waals surface area (Å²) in [5.41, 5.74) is 2.40. The second-order valence-corrected chi connectivity index (χ2v) is 6.75. The van der Waals surface area contributed by atoms with Crippen molar-refractivity contribution in [1.82, 2.24) is 15.1 Å². The van der Waals surface area contributed by atoms with Crippen LogP contribution >= 0.6 is 0 Å². The number of halogens is 3. The maximum atomic E-state index is 13.8. The van der Waals surface area contributed by atoms with Gasteiger partial charge in [0.1, 0.15) is 0 Å². The number of nitrogens with zero attached hydrogens (tertiary/aromatic N) is 3. The lowest BCUT2D eigenvalue weighted by Gasteiger charge is -2.15. The van der Waals surface area contributed by atoms with Gasteiger partial charge in [-0.3, -0.25) is 4.98 Å². The summed E-state index contributed by atoms with van der Waals surface area (Å²) >= 11 is 0. The standard InChI is InChI=1S/C22H16F3N3O/c1-13-9-16(12-26-11-13)20-27-21(29-28-20)15-7-8-18(19(10-15)22(23,24)25)17-6-4-3-5-14(17)2/h3-12H,1-2H3. The van der Waals surface area contributed by atoms with Crippen molar-refractivity contribution >= 4 is 0 Å². The summed E-state index contributed by atoms with van der Waals surface area (Å²) in [6, 6.07) is 12.8. The Bertz CT molecular complexity index is 1180. The molecule has 0 N–H and O–H groups in total. The fraction of sp³-hybridized carbons (Fsp3) is 0.136. The van der Waals surface area contributed by atoms with Crippen LogP contribution in [0.15, 0.2) is 65.4 Å². The molecule has 0 unspecified atom stereocenters. The lowest BCUT2D eigenvalue weighted by molar-refractivity contribution is -0.137. The number of alkyl halides is 3. The van der Waals surface area contributed by atoms with Crippen LogP contribution in [0.1, 0.15) is 16.7 Å². The number of rotatable bonds is 3. The van der Waals surface area contributed by atoms with Crippen LogP contribution in [0.25, 0.3) is 34.0 Å². The topological polar surface area (TPSA) is 51.8 Å². The fourth-order valence-electron chi connectivity index (χ4n) is 3.16. The van der Waals surface area contributed by atoms with Crippen LogP contribution in [0, 0.1) is 13.8 Å². The van der Waals surface area contributed by atoms with Crippen LogP contribution in [0.2, 0.25) is 0 Å². The van der Waals surface area contributed by atoms with Gasteiger partial charge in [-0.1, -0.05) is 35.5 Å². The average molecular weight is 395 g/mol. The molecular weight excluding hydrogens is 379 g/mol. The zero-order chi connectivity index (χ0) is 20.6. The van der Waals surface area contributed by atoms with E-state index >= 15 is 0 Å². The van der Waals surface area contributed by atoms with Gasteiger partial charge in [0.2, 0.25) is 5.82 Å². The highest BCUT2D eigenvalue weighted by Gasteiger charge is 2.34. The van der Waals surface area contributed by atoms with E-state index in [4.69, 9.17) is 4.52 Å². The third kappa shape index (κ3) is 3.76. The van der Waals surface area contributed by atoms with Crippen LogP contribution in [-0.4, -0.2) is 15.1 Å². The van der Waals surface area contributed by atoms with Gasteiger partial charge in [0.05, 0.1) is 5.56 Å². The number of hydrogen-bond donors (Lipinski definition) is 0. The Balaban J connectivity index is 1.80. The second-order valence-electron chi connectivity index (χ2n) is 6.75. The summed E-state index contributed by atoms with van der Waals surface area (Å²) in [6.45, 7) is 3.65. The summed E-state index contributed by atoms with van der Waals surface area (Å²) in [4.78, 5) is 8.32. The van der Waals surface area contributed by atoms with Gasteiger partial charge in [-0.2, -0.15) is 18.2 Å². The van der Waals surface area contributed by atoms with Gasteiger partial charge in [-0.15, -0.1) is 0 Å². The van der Waals surface area contributed by atoms with E-state index in [0.717, 1.165) is 17.2 Å². The van der Waals surface area contributed by atoms with Crippen LogP contribution in [0.4, 0.5) is 13.2 Å². The fourth-order valence-corrected chi connectivity index (χ4v) is 3.16. The number of benzene rings is 2. The predicted octanol–water partition coefficient (Wildman–Crippen LogP) is 6.10. The molecule has 0 bridgehead atoms. The van der Waals surface area contributed by atoms with E-state index in [2.05, 4.69) is 15.1 Å². The van der Waals surface area contributed by atoms with Crippen LogP contribution < -0.4 is 0 Å². The van der Waals surface area contributed by atoms with E-state index in [0.29, 0.717) is 11.1 Å². The first kappa shape index (κ1) is 18.9. The lowest BCUT2D eigenvalue weighted by Crippen LogP contribution is -2.08. The summed E-state index contributed by atoms with van der Waals surface area (Å²) in [7, 11) is 0. The Labute approximate surface area is 165 Å². The highest BCUT2D eigenvalue weighted by Crippen LogP contribution is 2.40. The molecule has 0 amide bonds. The summed E-state index contributed by atoms with van der Waals surface area (Å²) in [6.07, 6.45) is -1.27. The van der Waals surface area contributed by atoms with E-state index in [1.54, 1.807) is 49.6 Å². The lowest BCUT2D eigenvalue weighted by atomic mass is 9.94. The van der Waals surface area contributed by atoms with Gasteiger partial charge in [-0.05, 0) is 54.3 Å². The minimum absolute atomic E-state index is 0.0170. The van der Waals surface area contributed by atoms with E-state index in [9.17, 15) is 13.2 Å². The molecule has 0 atom stereocenters. The highest BCUT2D eigenvalue weighted by molar-refractivity contribution is 5.74. The molecule has 0 fully saturated rings. The van der Waals surface area contributed by atoms with Crippen molar-refractivity contribution in [3.05, 3.63) is 77.6 Å². The Hall–Kier alpha value is -3.48. The molecule has 0 spiro atoms. The molecule has 0 aliphatic heterocycles. The van der Waals surface area contributed by atoms with Gasteiger partial charge in [0.25, 0.3) is 5.89 Å². The zero-order valence-corrected chi connectivity index (χ0v) is 15.7. The molecule has 4 nitrogen and oxygen atoms in total. The minimum atomic E-state index is -4.53. The van der Waals surface area contributed by atoms with E-state index in [1.165, 1.54) is 6.07 Å². The van der Waals surface area contributed by atoms with Gasteiger partial charge in [0.15, 0.2) is 0 Å². The number of hydrogen-bond acceptors (Lipinski definition) is 4. The van der Waals surface area contributed by atoms with Gasteiger partial charge in [-0.25, -0.2) is 0 Å². The molecule has 0 saturated carbocycles. The molecule has 2 aromatic heterocycles. The molecule has 29 heavy (non-hydrogen) atoms. The predicted molar refractivity (Wildman–Crippen MR) is 103 cm³/mol. The molecule has 146 valence electrons. The Morgan fingerprint density at radius 1 is 0.862 bits per heavy atom. The smallest absolute Gasteiger partial charge is 0.334 e. The minimum Gasteiger partial charge on any atom is -0.334 e. The van der Waals surface area contributed by atoms with E-state index in [-0.39, 0.29) is 22.8 Å². The molecule has 2 heterocycles. The molecule has 4 rings (SSSR count). The van der Waals surface area contributed by atoms with Gasteiger partial charge >= 0.3 is 6.18 Å². The molecule has 0 aliphatic carbocycles. The van der Waals surface area contributed by atoms with Crippen molar-refractivity contribution in [3.63, 3.8) is 0 Å². The monoisotopic (exact) mass is 395 g/mol. The summed E-state index contributed by atoms with van der Waals surface area (Å²) < 4.78 is 46.6. The summed E-state index contributed by atoms with van der Waals surface area (Å²) in [5.74, 6) is 0.288. The normalized spacial score (nSPS) is 11.6. The maximum absolute atomic E-state index is 13.8. The molecular formula is C22H16F3N3O. The first-order chi connectivity index (χ1) is 13.8. The van der Waals surface area contributed by atoms with Gasteiger partial charge in [0, 0.05) is 23.5 Å². The number of aromatic nitrogens is 3. The first-order valence-corrected chi connectivity index (χ1v) is 8.86. The van der Waals surface area contributed by atoms with E-state index in [1.807, 2.05) is 13.0 Å². The molecule has 7 heteroatoms. The Morgan fingerprint density at radius 2 is 1.66 bits per heavy atom. The molecule has 2 aromatic carbocycles. The van der Waals surface area contributed by atoms with E-state index < -0.39 is 11.7 Å². The Morgan fingerprint density at radius 3 is 2.38 bits per heavy atom. The number of pyridine rings is 1. The highest BCUT2D eigenvalue weighted by atomic mass is 19.4. The third-order valence-corrected chi connectivity index (χ3v) is 4.57. The third-order valence-electron chi connectivity index (χ3n) is 4.57. The molecule has 0 radical (unpaired) electrons. The van der Waals surface area contributed by atoms with Crippen molar-refractivity contribution < 1.29 is 17.7 Å². The molecule has 0 aliphatic rings. The summed E-state index contributed by atoms with van der Waals surface area (Å²) in [5, 5.41) is 3.88. The largest absolute Gasteiger partial charge is 0.417 e. The first-order valence-electron chi connectivity index (χ1n) is 8.86. The van der Waals surface area contributed by atoms with Crippen molar-refractivity contribution in [1.29, 1.82) is 0 Å². The van der Waals surface area contributed by atoms with Crippen LogP contribution in [0.5, 0.6) is 0 Å². The SMILES string of the molecule is Cc1cncc(-c2noc(-c3ccc(-c4ccccc4C)c(C(F)(F)F)c3)n2)c1. The quantitative estimate of drug-likeness (QED) is 0.420. The van der Waals surface area contributed by atoms with Crippen molar-refractivity contribution in [2.75, 3.05) is 0 Å². The Kier molecular flexibility index (Phi) is 4.66. The van der Waals surface area contributed by atoms with Gasteiger partial charge < -0.3 is 4.52 Å². The molecule has 0 saturated heterocycles. The number of aryl methyl sites for hydroxylation is 2. The second kappa shape index (κ2) is 7.16. The molecule has 4 aromatic rings. The van der Waals surface area contributed by atoms with Crippen molar-refractivity contribution in [3.8, 4) is 34.0 Å².